The molecule has 17 heavy (non-hydrogen) atoms. The first-order chi connectivity index (χ1) is 8.22. The van der Waals surface area contributed by atoms with Gasteiger partial charge in [0.1, 0.15) is 17.8 Å². The highest BCUT2D eigenvalue weighted by Gasteiger charge is 2.16. The van der Waals surface area contributed by atoms with Gasteiger partial charge in [-0.2, -0.15) is 0 Å². The third-order valence-corrected chi connectivity index (χ3v) is 2.64. The van der Waals surface area contributed by atoms with Crippen molar-refractivity contribution >= 4 is 6.29 Å². The lowest BCUT2D eigenvalue weighted by Gasteiger charge is -2.12. The number of hydrogen-bond acceptors (Lipinski definition) is 3. The minimum absolute atomic E-state index is 0.0241. The van der Waals surface area contributed by atoms with Crippen molar-refractivity contribution in [3.63, 3.8) is 0 Å². The Kier molecular flexibility index (Phi) is 3.10. The maximum absolute atomic E-state index is 11.2. The van der Waals surface area contributed by atoms with Gasteiger partial charge in [-0.1, -0.05) is 36.4 Å². The van der Waals surface area contributed by atoms with Crippen LogP contribution >= 0.6 is 0 Å². The first kappa shape index (κ1) is 11.2. The van der Waals surface area contributed by atoms with Crippen molar-refractivity contribution in [3.05, 3.63) is 59.7 Å². The molecule has 0 amide bonds. The van der Waals surface area contributed by atoms with Crippen LogP contribution < -0.4 is 0 Å². The van der Waals surface area contributed by atoms with E-state index >= 15 is 0 Å². The van der Waals surface area contributed by atoms with Crippen molar-refractivity contribution in [2.75, 3.05) is 0 Å². The van der Waals surface area contributed by atoms with Crippen molar-refractivity contribution in [1.29, 1.82) is 0 Å². The van der Waals surface area contributed by atoms with Crippen molar-refractivity contribution < 1.29 is 15.0 Å². The first-order valence-corrected chi connectivity index (χ1v) is 5.24. The van der Waals surface area contributed by atoms with E-state index in [1.54, 1.807) is 6.07 Å². The van der Waals surface area contributed by atoms with Crippen LogP contribution in [0.5, 0.6) is 11.5 Å². The SMILES string of the molecule is O=CC(c1ccccc1)c1ccc(O)cc1O. The maximum Gasteiger partial charge on any atom is 0.131 e. The molecule has 1 atom stereocenters. The largest absolute Gasteiger partial charge is 0.508 e. The van der Waals surface area contributed by atoms with Crippen LogP contribution in [0.25, 0.3) is 0 Å². The van der Waals surface area contributed by atoms with Crippen LogP contribution in [0.4, 0.5) is 0 Å². The minimum Gasteiger partial charge on any atom is -0.508 e. The number of benzene rings is 2. The van der Waals surface area contributed by atoms with Crippen molar-refractivity contribution in [1.82, 2.24) is 0 Å². The molecule has 0 aromatic heterocycles. The van der Waals surface area contributed by atoms with Gasteiger partial charge in [-0.3, -0.25) is 0 Å². The van der Waals surface area contributed by atoms with Gasteiger partial charge in [0.2, 0.25) is 0 Å². The molecule has 86 valence electrons. The summed E-state index contributed by atoms with van der Waals surface area (Å²) >= 11 is 0. The van der Waals surface area contributed by atoms with Crippen molar-refractivity contribution in [2.24, 2.45) is 0 Å². The van der Waals surface area contributed by atoms with Crippen molar-refractivity contribution in [2.45, 2.75) is 5.92 Å². The lowest BCUT2D eigenvalue weighted by molar-refractivity contribution is -0.108. The minimum atomic E-state index is -0.517. The van der Waals surface area contributed by atoms with E-state index in [2.05, 4.69) is 0 Å². The quantitative estimate of drug-likeness (QED) is 0.793. The molecule has 0 fully saturated rings. The fourth-order valence-corrected chi connectivity index (χ4v) is 1.79. The molecule has 0 heterocycles. The summed E-state index contributed by atoms with van der Waals surface area (Å²) < 4.78 is 0. The fourth-order valence-electron chi connectivity index (χ4n) is 1.79. The summed E-state index contributed by atoms with van der Waals surface area (Å²) in [6, 6.07) is 13.4. The van der Waals surface area contributed by atoms with Crippen LogP contribution in [-0.2, 0) is 4.79 Å². The van der Waals surface area contributed by atoms with E-state index in [9.17, 15) is 15.0 Å². The van der Waals surface area contributed by atoms with Gasteiger partial charge in [0.05, 0.1) is 5.92 Å². The molecule has 0 saturated carbocycles. The van der Waals surface area contributed by atoms with Crippen LogP contribution in [0.1, 0.15) is 17.0 Å². The lowest BCUT2D eigenvalue weighted by atomic mass is 9.92. The Balaban J connectivity index is 2.46. The number of carbonyl (C=O) groups excluding carboxylic acids is 1. The third-order valence-electron chi connectivity index (χ3n) is 2.64. The van der Waals surface area contributed by atoms with Gasteiger partial charge < -0.3 is 15.0 Å². The molecule has 0 aliphatic heterocycles. The van der Waals surface area contributed by atoms with Gasteiger partial charge in [-0.05, 0) is 11.6 Å². The number of phenols is 2. The number of rotatable bonds is 3. The lowest BCUT2D eigenvalue weighted by Crippen LogP contribution is -2.02. The van der Waals surface area contributed by atoms with Crippen LogP contribution in [0.15, 0.2) is 48.5 Å². The summed E-state index contributed by atoms with van der Waals surface area (Å²) in [5, 5.41) is 18.9. The predicted molar refractivity (Wildman–Crippen MR) is 64.1 cm³/mol. The second-order valence-electron chi connectivity index (χ2n) is 3.77. The highest BCUT2D eigenvalue weighted by molar-refractivity contribution is 5.70. The number of aldehydes is 1. The predicted octanol–water partition coefficient (Wildman–Crippen LogP) is 2.43. The van der Waals surface area contributed by atoms with Gasteiger partial charge in [0.15, 0.2) is 0 Å². The average molecular weight is 228 g/mol. The summed E-state index contributed by atoms with van der Waals surface area (Å²) in [5.41, 5.74) is 1.30. The summed E-state index contributed by atoms with van der Waals surface area (Å²) in [6.45, 7) is 0. The molecular weight excluding hydrogens is 216 g/mol. The Morgan fingerprint density at radius 2 is 1.71 bits per heavy atom. The zero-order valence-corrected chi connectivity index (χ0v) is 9.08. The van der Waals surface area contributed by atoms with E-state index in [4.69, 9.17) is 0 Å². The van der Waals surface area contributed by atoms with Crippen LogP contribution in [-0.4, -0.2) is 16.5 Å². The van der Waals surface area contributed by atoms with Crippen LogP contribution in [0.2, 0.25) is 0 Å². The fraction of sp³-hybridized carbons (Fsp3) is 0.0714. The number of phenolic OH excluding ortho intramolecular Hbond substituents is 2. The molecule has 2 aromatic carbocycles. The zero-order valence-electron chi connectivity index (χ0n) is 9.08. The van der Waals surface area contributed by atoms with Gasteiger partial charge in [-0.15, -0.1) is 0 Å². The number of aromatic hydroxyl groups is 2. The van der Waals surface area contributed by atoms with E-state index < -0.39 is 5.92 Å². The van der Waals surface area contributed by atoms with Gasteiger partial charge in [-0.25, -0.2) is 0 Å². The number of hydrogen-bond donors (Lipinski definition) is 2. The Hall–Kier alpha value is -2.29. The molecule has 3 heteroatoms. The molecule has 0 spiro atoms. The van der Waals surface area contributed by atoms with Crippen LogP contribution in [0.3, 0.4) is 0 Å². The van der Waals surface area contributed by atoms with E-state index in [0.29, 0.717) is 5.56 Å². The monoisotopic (exact) mass is 228 g/mol. The molecule has 2 N–H and O–H groups in total. The summed E-state index contributed by atoms with van der Waals surface area (Å²) in [6.07, 6.45) is 0.779. The average Bonchev–Trinajstić information content (AvgIpc) is 2.34. The Morgan fingerprint density at radius 3 is 2.29 bits per heavy atom. The molecule has 0 aliphatic carbocycles. The standard InChI is InChI=1S/C14H12O3/c15-9-13(10-4-2-1-3-5-10)12-7-6-11(16)8-14(12)17/h1-9,13,16-17H. The molecule has 1 unspecified atom stereocenters. The third kappa shape index (κ3) is 2.28. The summed E-state index contributed by atoms with van der Waals surface area (Å²) in [4.78, 5) is 11.2. The molecule has 2 rings (SSSR count). The Bertz CT molecular complexity index is 520. The van der Waals surface area contributed by atoms with E-state index in [1.165, 1.54) is 12.1 Å². The number of carbonyl (C=O) groups is 1. The Morgan fingerprint density at radius 1 is 1.00 bits per heavy atom. The molecule has 2 aromatic rings. The second-order valence-corrected chi connectivity index (χ2v) is 3.77. The normalized spacial score (nSPS) is 12.0. The molecule has 0 radical (unpaired) electrons. The summed E-state index contributed by atoms with van der Waals surface area (Å²) in [7, 11) is 0. The van der Waals surface area contributed by atoms with Gasteiger partial charge in [0.25, 0.3) is 0 Å². The zero-order chi connectivity index (χ0) is 12.3. The topological polar surface area (TPSA) is 57.5 Å². The highest BCUT2D eigenvalue weighted by Crippen LogP contribution is 2.32. The van der Waals surface area contributed by atoms with Gasteiger partial charge in [0, 0.05) is 11.6 Å². The van der Waals surface area contributed by atoms with Gasteiger partial charge >= 0.3 is 0 Å². The molecule has 0 aliphatic rings. The Labute approximate surface area is 99.0 Å². The smallest absolute Gasteiger partial charge is 0.131 e. The second kappa shape index (κ2) is 4.70. The molecular formula is C14H12O3. The van der Waals surface area contributed by atoms with E-state index in [0.717, 1.165) is 11.8 Å². The van der Waals surface area contributed by atoms with E-state index in [-0.39, 0.29) is 11.5 Å². The summed E-state index contributed by atoms with van der Waals surface area (Å²) in [5.74, 6) is -0.619. The van der Waals surface area contributed by atoms with E-state index in [1.807, 2.05) is 30.3 Å². The highest BCUT2D eigenvalue weighted by atomic mass is 16.3. The maximum atomic E-state index is 11.2. The van der Waals surface area contributed by atoms with Crippen molar-refractivity contribution in [3.8, 4) is 11.5 Å². The molecule has 0 bridgehead atoms. The van der Waals surface area contributed by atoms with Crippen LogP contribution in [0, 0.1) is 0 Å². The molecule has 3 nitrogen and oxygen atoms in total. The first-order valence-electron chi connectivity index (χ1n) is 5.24. The molecule has 0 saturated heterocycles.